The third-order valence-electron chi connectivity index (χ3n) is 3.15. The lowest BCUT2D eigenvalue weighted by molar-refractivity contribution is 0.220. The predicted molar refractivity (Wildman–Crippen MR) is 76.3 cm³/mol. The summed E-state index contributed by atoms with van der Waals surface area (Å²) in [5, 5.41) is 12.3. The van der Waals surface area contributed by atoms with Crippen LogP contribution in [0.4, 0.5) is 0 Å². The van der Waals surface area contributed by atoms with Crippen LogP contribution in [0.25, 0.3) is 0 Å². The van der Waals surface area contributed by atoms with Crippen LogP contribution in [0.2, 0.25) is 0 Å². The Hall–Kier alpha value is -0.840. The molecule has 0 bridgehead atoms. The van der Waals surface area contributed by atoms with Crippen molar-refractivity contribution in [1.29, 1.82) is 0 Å². The Labute approximate surface area is 118 Å². The fourth-order valence-corrected chi connectivity index (χ4v) is 3.40. The largest absolute Gasteiger partial charge is 0.493 e. The lowest BCUT2D eigenvalue weighted by Crippen LogP contribution is -2.09. The molecule has 1 unspecified atom stereocenters. The number of halogens is 1. The van der Waals surface area contributed by atoms with Crippen molar-refractivity contribution in [3.8, 4) is 5.75 Å². The summed E-state index contributed by atoms with van der Waals surface area (Å²) >= 11 is 5.01. The molecular weight excluding hydrogens is 312 g/mol. The Morgan fingerprint density at radius 2 is 2.17 bits per heavy atom. The Kier molecular flexibility index (Phi) is 3.41. The van der Waals surface area contributed by atoms with E-state index in [4.69, 9.17) is 4.74 Å². The second kappa shape index (κ2) is 5.03. The van der Waals surface area contributed by atoms with Crippen molar-refractivity contribution in [3.05, 3.63) is 50.1 Å². The van der Waals surface area contributed by atoms with Gasteiger partial charge < -0.3 is 9.84 Å². The number of hydrogen-bond donors (Lipinski definition) is 1. The van der Waals surface area contributed by atoms with E-state index in [0.29, 0.717) is 0 Å². The van der Waals surface area contributed by atoms with Gasteiger partial charge in [-0.05, 0) is 69.0 Å². The Morgan fingerprint density at radius 1 is 1.28 bits per heavy atom. The van der Waals surface area contributed by atoms with Gasteiger partial charge in [0.1, 0.15) is 11.9 Å². The van der Waals surface area contributed by atoms with Crippen molar-refractivity contribution in [2.45, 2.75) is 18.9 Å². The van der Waals surface area contributed by atoms with Crippen LogP contribution in [-0.4, -0.2) is 11.7 Å². The Bertz CT molecular complexity index is 565. The minimum atomic E-state index is -0.556. The number of fused-ring (bicyclic) bond motifs is 1. The molecule has 0 fully saturated rings. The summed E-state index contributed by atoms with van der Waals surface area (Å²) in [6.45, 7) is 0.798. The number of benzene rings is 1. The molecule has 0 spiro atoms. The van der Waals surface area contributed by atoms with Crippen molar-refractivity contribution in [3.63, 3.8) is 0 Å². The smallest absolute Gasteiger partial charge is 0.122 e. The van der Waals surface area contributed by atoms with Gasteiger partial charge in [0.15, 0.2) is 0 Å². The minimum absolute atomic E-state index is 0.556. The van der Waals surface area contributed by atoms with Crippen LogP contribution in [0.3, 0.4) is 0 Å². The van der Waals surface area contributed by atoms with Crippen molar-refractivity contribution >= 4 is 27.3 Å². The summed E-state index contributed by atoms with van der Waals surface area (Å²) in [5.74, 6) is 0.962. The monoisotopic (exact) mass is 324 g/mol. The average molecular weight is 325 g/mol. The number of thiophene rings is 1. The molecule has 2 nitrogen and oxygen atoms in total. The molecule has 1 N–H and O–H groups in total. The first kappa shape index (κ1) is 12.2. The van der Waals surface area contributed by atoms with Crippen molar-refractivity contribution in [1.82, 2.24) is 0 Å². The second-order valence-electron chi connectivity index (χ2n) is 4.41. The van der Waals surface area contributed by atoms with Crippen LogP contribution in [0.15, 0.2) is 33.4 Å². The van der Waals surface area contributed by atoms with Crippen LogP contribution in [0.5, 0.6) is 5.75 Å². The molecule has 94 valence electrons. The molecule has 4 heteroatoms. The minimum Gasteiger partial charge on any atom is -0.493 e. The van der Waals surface area contributed by atoms with Gasteiger partial charge in [-0.1, -0.05) is 6.07 Å². The van der Waals surface area contributed by atoms with Gasteiger partial charge in [-0.15, -0.1) is 11.3 Å². The molecule has 1 aromatic carbocycles. The molecule has 2 heterocycles. The normalized spacial score (nSPS) is 15.9. The van der Waals surface area contributed by atoms with E-state index in [9.17, 15) is 5.11 Å². The predicted octanol–water partition coefficient (Wildman–Crippen LogP) is 3.92. The maximum absolute atomic E-state index is 10.4. The Balaban J connectivity index is 1.92. The van der Waals surface area contributed by atoms with Gasteiger partial charge in [-0.25, -0.2) is 0 Å². The fraction of sp³-hybridized carbons (Fsp3) is 0.286. The third-order valence-corrected chi connectivity index (χ3v) is 4.67. The quantitative estimate of drug-likeness (QED) is 0.907. The molecule has 3 rings (SSSR count). The van der Waals surface area contributed by atoms with Gasteiger partial charge in [0.05, 0.1) is 10.4 Å². The molecule has 0 aliphatic carbocycles. The van der Waals surface area contributed by atoms with Gasteiger partial charge in [0, 0.05) is 0 Å². The first-order valence-corrected chi connectivity index (χ1v) is 7.59. The van der Waals surface area contributed by atoms with Gasteiger partial charge in [0.25, 0.3) is 0 Å². The van der Waals surface area contributed by atoms with Crippen molar-refractivity contribution < 1.29 is 9.84 Å². The molecule has 0 radical (unpaired) electrons. The maximum Gasteiger partial charge on any atom is 0.122 e. The van der Waals surface area contributed by atoms with Crippen LogP contribution in [0, 0.1) is 0 Å². The molecule has 18 heavy (non-hydrogen) atoms. The zero-order chi connectivity index (χ0) is 12.5. The SMILES string of the molecule is OC(c1csc(Br)c1)c1ccc2c(c1)CCCO2. The van der Waals surface area contributed by atoms with Crippen LogP contribution in [-0.2, 0) is 6.42 Å². The Morgan fingerprint density at radius 3 is 2.94 bits per heavy atom. The van der Waals surface area contributed by atoms with E-state index in [1.807, 2.05) is 23.6 Å². The zero-order valence-corrected chi connectivity index (χ0v) is 12.1. The van der Waals surface area contributed by atoms with Gasteiger partial charge in [-0.3, -0.25) is 0 Å². The average Bonchev–Trinajstić information content (AvgIpc) is 2.84. The molecule has 1 atom stereocenters. The van der Waals surface area contributed by atoms with Crippen LogP contribution in [0.1, 0.15) is 29.2 Å². The van der Waals surface area contributed by atoms with Crippen molar-refractivity contribution in [2.24, 2.45) is 0 Å². The first-order valence-electron chi connectivity index (χ1n) is 5.91. The number of aryl methyl sites for hydroxylation is 1. The highest BCUT2D eigenvalue weighted by Crippen LogP contribution is 2.32. The van der Waals surface area contributed by atoms with E-state index >= 15 is 0 Å². The fourth-order valence-electron chi connectivity index (χ4n) is 2.21. The highest BCUT2D eigenvalue weighted by atomic mass is 79.9. The van der Waals surface area contributed by atoms with Gasteiger partial charge in [-0.2, -0.15) is 0 Å². The van der Waals surface area contributed by atoms with Crippen molar-refractivity contribution in [2.75, 3.05) is 6.61 Å². The molecule has 1 aliphatic heterocycles. The summed E-state index contributed by atoms with van der Waals surface area (Å²) in [6.07, 6.45) is 1.53. The number of aliphatic hydroxyl groups excluding tert-OH is 1. The lowest BCUT2D eigenvalue weighted by Gasteiger charge is -2.19. The number of aliphatic hydroxyl groups is 1. The molecule has 1 aromatic heterocycles. The molecular formula is C14H13BrO2S. The second-order valence-corrected chi connectivity index (χ2v) is 6.70. The number of hydrogen-bond acceptors (Lipinski definition) is 3. The number of rotatable bonds is 2. The summed E-state index contributed by atoms with van der Waals surface area (Å²) in [7, 11) is 0. The molecule has 2 aromatic rings. The maximum atomic E-state index is 10.4. The summed E-state index contributed by atoms with van der Waals surface area (Å²) in [4.78, 5) is 0. The highest BCUT2D eigenvalue weighted by Gasteiger charge is 2.16. The van der Waals surface area contributed by atoms with Gasteiger partial charge >= 0.3 is 0 Å². The first-order chi connectivity index (χ1) is 8.74. The van der Waals surface area contributed by atoms with E-state index in [0.717, 1.165) is 40.1 Å². The van der Waals surface area contributed by atoms with E-state index in [1.165, 1.54) is 5.56 Å². The topological polar surface area (TPSA) is 29.5 Å². The lowest BCUT2D eigenvalue weighted by atomic mass is 9.98. The molecule has 0 amide bonds. The van der Waals surface area contributed by atoms with Gasteiger partial charge in [0.2, 0.25) is 0 Å². The van der Waals surface area contributed by atoms with E-state index in [2.05, 4.69) is 22.0 Å². The van der Waals surface area contributed by atoms with E-state index in [1.54, 1.807) is 11.3 Å². The van der Waals surface area contributed by atoms with Crippen LogP contribution < -0.4 is 4.74 Å². The third kappa shape index (κ3) is 2.32. The van der Waals surface area contributed by atoms with E-state index in [-0.39, 0.29) is 0 Å². The number of ether oxygens (including phenoxy) is 1. The van der Waals surface area contributed by atoms with E-state index < -0.39 is 6.10 Å². The summed E-state index contributed by atoms with van der Waals surface area (Å²) in [6, 6.07) is 7.94. The standard InChI is InChI=1S/C14H13BrO2S/c15-13-7-11(8-18-13)14(16)10-3-4-12-9(6-10)2-1-5-17-12/h3-4,6-8,14,16H,1-2,5H2. The summed E-state index contributed by atoms with van der Waals surface area (Å²) in [5.41, 5.74) is 3.07. The molecule has 1 aliphatic rings. The highest BCUT2D eigenvalue weighted by molar-refractivity contribution is 9.11. The molecule has 0 saturated carbocycles. The summed E-state index contributed by atoms with van der Waals surface area (Å²) < 4.78 is 6.62. The molecule has 0 saturated heterocycles. The zero-order valence-electron chi connectivity index (χ0n) is 9.73. The van der Waals surface area contributed by atoms with Crippen LogP contribution >= 0.6 is 27.3 Å².